The maximum Gasteiger partial charge on any atom is 0.258 e. The van der Waals surface area contributed by atoms with Crippen molar-refractivity contribution in [2.75, 3.05) is 11.9 Å². The number of thiophene rings is 1. The highest BCUT2D eigenvalue weighted by molar-refractivity contribution is 7.17. The predicted octanol–water partition coefficient (Wildman–Crippen LogP) is 2.56. The number of para-hydroxylation sites is 1. The third kappa shape index (κ3) is 2.44. The van der Waals surface area contributed by atoms with Crippen molar-refractivity contribution in [1.82, 2.24) is 19.9 Å². The van der Waals surface area contributed by atoms with Gasteiger partial charge in [-0.25, -0.2) is 15.0 Å². The molecule has 1 aromatic carbocycles. The van der Waals surface area contributed by atoms with Crippen LogP contribution in [0.2, 0.25) is 0 Å². The van der Waals surface area contributed by atoms with Crippen molar-refractivity contribution in [3.8, 4) is 0 Å². The zero-order valence-electron chi connectivity index (χ0n) is 12.4. The van der Waals surface area contributed by atoms with E-state index in [1.165, 1.54) is 0 Å². The molecule has 0 radical (unpaired) electrons. The Bertz CT molecular complexity index is 1050. The zero-order valence-corrected chi connectivity index (χ0v) is 13.2. The van der Waals surface area contributed by atoms with E-state index in [0.717, 1.165) is 16.0 Å². The van der Waals surface area contributed by atoms with Gasteiger partial charge >= 0.3 is 0 Å². The molecule has 23 heavy (non-hydrogen) atoms. The fraction of sp³-hybridized carbons (Fsp3) is 0.125. The number of H-pyrrole nitrogens is 1. The Morgan fingerprint density at radius 1 is 1.17 bits per heavy atom. The SMILES string of the molecule is CN(Cc1nc2ccccc2c(=O)[nH]1)c1ncnc2ccsc12. The number of nitrogens with zero attached hydrogens (tertiary/aromatic N) is 4. The molecule has 1 N–H and O–H groups in total. The summed E-state index contributed by atoms with van der Waals surface area (Å²) < 4.78 is 1.03. The molecule has 0 atom stereocenters. The number of rotatable bonds is 3. The smallest absolute Gasteiger partial charge is 0.258 e. The highest BCUT2D eigenvalue weighted by Gasteiger charge is 2.12. The Hall–Kier alpha value is -2.80. The van der Waals surface area contributed by atoms with E-state index in [9.17, 15) is 4.79 Å². The average molecular weight is 323 g/mol. The Morgan fingerprint density at radius 3 is 2.96 bits per heavy atom. The maximum atomic E-state index is 12.2. The van der Waals surface area contributed by atoms with Crippen LogP contribution in [-0.4, -0.2) is 27.0 Å². The van der Waals surface area contributed by atoms with Crippen molar-refractivity contribution in [2.24, 2.45) is 0 Å². The van der Waals surface area contributed by atoms with E-state index in [2.05, 4.69) is 19.9 Å². The molecular formula is C16H13N5OS. The molecule has 0 aliphatic carbocycles. The molecule has 4 rings (SSSR count). The zero-order chi connectivity index (χ0) is 15.8. The van der Waals surface area contributed by atoms with E-state index < -0.39 is 0 Å². The molecule has 3 aromatic heterocycles. The van der Waals surface area contributed by atoms with Gasteiger partial charge in [-0.3, -0.25) is 4.79 Å². The van der Waals surface area contributed by atoms with Gasteiger partial charge in [-0.15, -0.1) is 11.3 Å². The summed E-state index contributed by atoms with van der Waals surface area (Å²) in [5, 5.41) is 2.59. The lowest BCUT2D eigenvalue weighted by Crippen LogP contribution is -2.22. The summed E-state index contributed by atoms with van der Waals surface area (Å²) in [6.07, 6.45) is 1.55. The van der Waals surface area contributed by atoms with E-state index in [-0.39, 0.29) is 5.56 Å². The largest absolute Gasteiger partial charge is 0.351 e. The molecule has 7 heteroatoms. The van der Waals surface area contributed by atoms with Gasteiger partial charge in [-0.05, 0) is 23.6 Å². The van der Waals surface area contributed by atoms with Crippen LogP contribution in [0.3, 0.4) is 0 Å². The number of anilines is 1. The maximum absolute atomic E-state index is 12.2. The molecule has 0 amide bonds. The Kier molecular flexibility index (Phi) is 3.27. The van der Waals surface area contributed by atoms with Crippen LogP contribution >= 0.6 is 11.3 Å². The van der Waals surface area contributed by atoms with E-state index in [1.54, 1.807) is 23.7 Å². The average Bonchev–Trinajstić information content (AvgIpc) is 3.03. The number of aromatic amines is 1. The van der Waals surface area contributed by atoms with Gasteiger partial charge < -0.3 is 9.88 Å². The lowest BCUT2D eigenvalue weighted by molar-refractivity contribution is 0.829. The molecular weight excluding hydrogens is 310 g/mol. The number of hydrogen-bond acceptors (Lipinski definition) is 6. The molecule has 6 nitrogen and oxygen atoms in total. The number of hydrogen-bond donors (Lipinski definition) is 1. The van der Waals surface area contributed by atoms with Gasteiger partial charge in [-0.1, -0.05) is 12.1 Å². The summed E-state index contributed by atoms with van der Waals surface area (Å²) in [7, 11) is 1.93. The molecule has 0 spiro atoms. The van der Waals surface area contributed by atoms with Crippen molar-refractivity contribution < 1.29 is 0 Å². The Labute approximate surface area is 135 Å². The number of aromatic nitrogens is 4. The molecule has 0 aliphatic heterocycles. The number of nitrogens with one attached hydrogen (secondary N) is 1. The fourth-order valence-electron chi connectivity index (χ4n) is 2.56. The van der Waals surface area contributed by atoms with Crippen LogP contribution in [0.25, 0.3) is 21.1 Å². The molecule has 0 aliphatic rings. The van der Waals surface area contributed by atoms with Gasteiger partial charge in [0, 0.05) is 7.05 Å². The molecule has 0 bridgehead atoms. The minimum Gasteiger partial charge on any atom is -0.351 e. The molecule has 3 heterocycles. The van der Waals surface area contributed by atoms with Crippen molar-refractivity contribution in [3.63, 3.8) is 0 Å². The second-order valence-electron chi connectivity index (χ2n) is 5.22. The van der Waals surface area contributed by atoms with Crippen LogP contribution in [0.1, 0.15) is 5.82 Å². The monoisotopic (exact) mass is 323 g/mol. The second-order valence-corrected chi connectivity index (χ2v) is 6.13. The normalized spacial score (nSPS) is 11.2. The van der Waals surface area contributed by atoms with Crippen LogP contribution in [0.15, 0.2) is 46.8 Å². The van der Waals surface area contributed by atoms with Gasteiger partial charge in [0.05, 0.1) is 27.7 Å². The van der Waals surface area contributed by atoms with Crippen molar-refractivity contribution in [2.45, 2.75) is 6.54 Å². The highest BCUT2D eigenvalue weighted by Crippen LogP contribution is 2.27. The van der Waals surface area contributed by atoms with E-state index in [1.807, 2.05) is 41.6 Å². The standard InChI is InChI=1S/C16H13N5OS/c1-21(15-14-12(6-7-23-14)17-9-18-15)8-13-19-11-5-3-2-4-10(11)16(22)20-13/h2-7,9H,8H2,1H3,(H,19,20,22). The summed E-state index contributed by atoms with van der Waals surface area (Å²) in [6.45, 7) is 0.462. The number of benzene rings is 1. The minimum atomic E-state index is -0.122. The minimum absolute atomic E-state index is 0.122. The van der Waals surface area contributed by atoms with Crippen LogP contribution in [-0.2, 0) is 6.54 Å². The van der Waals surface area contributed by atoms with Crippen LogP contribution in [0, 0.1) is 0 Å². The summed E-state index contributed by atoms with van der Waals surface area (Å²) in [4.78, 5) is 30.1. The molecule has 0 fully saturated rings. The number of fused-ring (bicyclic) bond motifs is 2. The van der Waals surface area contributed by atoms with Gasteiger partial charge in [0.25, 0.3) is 5.56 Å². The lowest BCUT2D eigenvalue weighted by Gasteiger charge is -2.17. The topological polar surface area (TPSA) is 74.8 Å². The van der Waals surface area contributed by atoms with Gasteiger partial charge in [0.1, 0.15) is 18.0 Å². The lowest BCUT2D eigenvalue weighted by atomic mass is 10.2. The van der Waals surface area contributed by atoms with E-state index in [0.29, 0.717) is 23.3 Å². The van der Waals surface area contributed by atoms with Crippen molar-refractivity contribution in [1.29, 1.82) is 0 Å². The van der Waals surface area contributed by atoms with Gasteiger partial charge in [0.15, 0.2) is 0 Å². The van der Waals surface area contributed by atoms with E-state index in [4.69, 9.17) is 0 Å². The Morgan fingerprint density at radius 2 is 2.04 bits per heavy atom. The molecule has 0 saturated carbocycles. The van der Waals surface area contributed by atoms with E-state index >= 15 is 0 Å². The summed E-state index contributed by atoms with van der Waals surface area (Å²) in [5.74, 6) is 1.44. The van der Waals surface area contributed by atoms with Crippen LogP contribution in [0.4, 0.5) is 5.82 Å². The first-order valence-electron chi connectivity index (χ1n) is 7.09. The second kappa shape index (κ2) is 5.44. The molecule has 114 valence electrons. The molecule has 0 unspecified atom stereocenters. The predicted molar refractivity (Wildman–Crippen MR) is 91.9 cm³/mol. The molecule has 4 aromatic rings. The summed E-state index contributed by atoms with van der Waals surface area (Å²) in [6, 6.07) is 9.29. The quantitative estimate of drug-likeness (QED) is 0.627. The van der Waals surface area contributed by atoms with Crippen LogP contribution < -0.4 is 10.5 Å². The Balaban J connectivity index is 1.73. The first-order chi connectivity index (χ1) is 11.2. The first-order valence-corrected chi connectivity index (χ1v) is 7.97. The highest BCUT2D eigenvalue weighted by atomic mass is 32.1. The summed E-state index contributed by atoms with van der Waals surface area (Å²) in [5.41, 5.74) is 1.50. The van der Waals surface area contributed by atoms with Gasteiger partial charge in [0.2, 0.25) is 0 Å². The van der Waals surface area contributed by atoms with Gasteiger partial charge in [-0.2, -0.15) is 0 Å². The third-order valence-electron chi connectivity index (χ3n) is 3.63. The molecule has 0 saturated heterocycles. The first kappa shape index (κ1) is 13.8. The summed E-state index contributed by atoms with van der Waals surface area (Å²) >= 11 is 1.60. The van der Waals surface area contributed by atoms with Crippen LogP contribution in [0.5, 0.6) is 0 Å². The van der Waals surface area contributed by atoms with Crippen molar-refractivity contribution >= 4 is 38.3 Å². The van der Waals surface area contributed by atoms with Crippen molar-refractivity contribution in [3.05, 3.63) is 58.2 Å². The fourth-order valence-corrected chi connectivity index (χ4v) is 3.45. The third-order valence-corrected chi connectivity index (χ3v) is 4.53.